The van der Waals surface area contributed by atoms with Crippen LogP contribution in [0.15, 0.2) is 146 Å². The second-order valence-electron chi connectivity index (χ2n) is 8.74. The van der Waals surface area contributed by atoms with Gasteiger partial charge < -0.3 is 0 Å². The van der Waals surface area contributed by atoms with E-state index in [1.807, 2.05) is 61.2 Å². The van der Waals surface area contributed by atoms with Gasteiger partial charge in [0.1, 0.15) is 0 Å². The van der Waals surface area contributed by atoms with E-state index in [0.717, 1.165) is 22.6 Å². The normalized spacial score (nSPS) is 11.2. The van der Waals surface area contributed by atoms with Crippen molar-refractivity contribution in [1.29, 1.82) is 0 Å². The first-order valence-electron chi connectivity index (χ1n) is 12.2. The molecule has 0 N–H and O–H groups in total. The summed E-state index contributed by atoms with van der Waals surface area (Å²) < 4.78 is 0. The van der Waals surface area contributed by atoms with E-state index in [4.69, 9.17) is 15.0 Å². The second-order valence-corrected chi connectivity index (χ2v) is 12.5. The Balaban J connectivity index is 1.80. The molecule has 0 saturated carbocycles. The van der Waals surface area contributed by atoms with Gasteiger partial charge in [0, 0.05) is 36.5 Å². The van der Waals surface area contributed by atoms with E-state index < -0.39 is 8.07 Å². The first kappa shape index (κ1) is 22.7. The minimum Gasteiger partial charge on any atom is -0.264 e. The van der Waals surface area contributed by atoms with Crippen LogP contribution in [0.1, 0.15) is 0 Å². The first-order valence-corrected chi connectivity index (χ1v) is 14.2. The standard InChI is InChI=1S/C32H24N4Si/c1-3-13-26(14-4-1)37(27-15-5-2-6-16-27,29-18-10-22-35-31(29)25-12-9-20-33-24-25)30-19-11-23-36-32(30)28-17-7-8-21-34-28/h1-24H. The maximum atomic E-state index is 4.95. The Labute approximate surface area is 217 Å². The Hall–Kier alpha value is -4.74. The molecule has 6 aromatic rings. The van der Waals surface area contributed by atoms with Gasteiger partial charge in [-0.05, 0) is 57.1 Å². The summed E-state index contributed by atoms with van der Waals surface area (Å²) >= 11 is 0. The van der Waals surface area contributed by atoms with E-state index in [1.54, 1.807) is 6.20 Å². The predicted molar refractivity (Wildman–Crippen MR) is 152 cm³/mol. The molecule has 0 fully saturated rings. The summed E-state index contributed by atoms with van der Waals surface area (Å²) in [6.07, 6.45) is 9.24. The van der Waals surface area contributed by atoms with Crippen LogP contribution < -0.4 is 20.7 Å². The van der Waals surface area contributed by atoms with Gasteiger partial charge in [-0.3, -0.25) is 19.9 Å². The average Bonchev–Trinajstić information content (AvgIpc) is 3.00. The van der Waals surface area contributed by atoms with Crippen molar-refractivity contribution < 1.29 is 0 Å². The lowest BCUT2D eigenvalue weighted by Gasteiger charge is -2.36. The van der Waals surface area contributed by atoms with Crippen LogP contribution in [0.5, 0.6) is 0 Å². The average molecular weight is 493 g/mol. The molecule has 0 aliphatic carbocycles. The largest absolute Gasteiger partial charge is 0.264 e. The zero-order valence-electron chi connectivity index (χ0n) is 20.1. The highest BCUT2D eigenvalue weighted by Gasteiger charge is 2.45. The number of rotatable bonds is 6. The van der Waals surface area contributed by atoms with Gasteiger partial charge in [0.2, 0.25) is 0 Å². The first-order chi connectivity index (χ1) is 18.4. The lowest BCUT2D eigenvalue weighted by molar-refractivity contribution is 1.26. The highest BCUT2D eigenvalue weighted by molar-refractivity contribution is 7.20. The molecule has 0 amide bonds. The monoisotopic (exact) mass is 492 g/mol. The van der Waals surface area contributed by atoms with Gasteiger partial charge in [0.05, 0.1) is 17.1 Å². The number of nitrogens with zero attached hydrogens (tertiary/aromatic N) is 4. The second kappa shape index (κ2) is 10.1. The van der Waals surface area contributed by atoms with Crippen LogP contribution in [0, 0.1) is 0 Å². The van der Waals surface area contributed by atoms with Gasteiger partial charge in [-0.25, -0.2) is 0 Å². The number of aromatic nitrogens is 4. The Morgan fingerprint density at radius 2 is 1.00 bits per heavy atom. The summed E-state index contributed by atoms with van der Waals surface area (Å²) in [6, 6.07) is 40.2. The third-order valence-corrected chi connectivity index (χ3v) is 11.5. The van der Waals surface area contributed by atoms with Crippen molar-refractivity contribution in [2.45, 2.75) is 0 Å². The molecule has 0 radical (unpaired) electrons. The Morgan fingerprint density at radius 3 is 1.59 bits per heavy atom. The van der Waals surface area contributed by atoms with Gasteiger partial charge in [-0.1, -0.05) is 78.9 Å². The van der Waals surface area contributed by atoms with E-state index in [-0.39, 0.29) is 0 Å². The molecule has 0 aliphatic heterocycles. The van der Waals surface area contributed by atoms with E-state index in [0.29, 0.717) is 0 Å². The molecule has 0 unspecified atom stereocenters. The van der Waals surface area contributed by atoms with Crippen molar-refractivity contribution in [1.82, 2.24) is 19.9 Å². The topological polar surface area (TPSA) is 51.6 Å². The maximum Gasteiger partial charge on any atom is 0.184 e. The molecular formula is C32H24N4Si. The summed E-state index contributed by atoms with van der Waals surface area (Å²) in [7, 11) is -2.95. The van der Waals surface area contributed by atoms with Gasteiger partial charge in [-0.15, -0.1) is 0 Å². The number of benzene rings is 2. The minimum absolute atomic E-state index is 0.855. The molecule has 0 aliphatic rings. The van der Waals surface area contributed by atoms with Crippen molar-refractivity contribution in [3.63, 3.8) is 0 Å². The van der Waals surface area contributed by atoms with Gasteiger partial charge in [0.15, 0.2) is 8.07 Å². The van der Waals surface area contributed by atoms with Crippen molar-refractivity contribution >= 4 is 28.8 Å². The zero-order valence-corrected chi connectivity index (χ0v) is 21.1. The number of hydrogen-bond donors (Lipinski definition) is 0. The highest BCUT2D eigenvalue weighted by Crippen LogP contribution is 2.22. The molecule has 2 aromatic carbocycles. The molecule has 4 aromatic heterocycles. The Morgan fingerprint density at radius 1 is 0.432 bits per heavy atom. The fourth-order valence-corrected chi connectivity index (χ4v) is 10.2. The number of hydrogen-bond acceptors (Lipinski definition) is 4. The smallest absolute Gasteiger partial charge is 0.184 e. The molecule has 0 saturated heterocycles. The third-order valence-electron chi connectivity index (χ3n) is 6.68. The summed E-state index contributed by atoms with van der Waals surface area (Å²) in [4.78, 5) is 19.0. The molecule has 37 heavy (non-hydrogen) atoms. The fourth-order valence-electron chi connectivity index (χ4n) is 5.17. The highest BCUT2D eigenvalue weighted by atomic mass is 28.3. The van der Waals surface area contributed by atoms with Crippen LogP contribution in [-0.4, -0.2) is 28.0 Å². The maximum absolute atomic E-state index is 4.95. The van der Waals surface area contributed by atoms with Gasteiger partial charge in [-0.2, -0.15) is 0 Å². The molecule has 0 atom stereocenters. The van der Waals surface area contributed by atoms with Crippen LogP contribution in [0.25, 0.3) is 22.6 Å². The predicted octanol–water partition coefficient (Wildman–Crippen LogP) is 3.98. The molecule has 0 spiro atoms. The van der Waals surface area contributed by atoms with Crippen LogP contribution in [-0.2, 0) is 0 Å². The minimum atomic E-state index is -2.95. The summed E-state index contributed by atoms with van der Waals surface area (Å²) in [5, 5.41) is 4.86. The lowest BCUT2D eigenvalue weighted by Crippen LogP contribution is -2.75. The molecular weight excluding hydrogens is 468 g/mol. The molecule has 176 valence electrons. The SMILES string of the molecule is c1ccc([Si](c2ccccc2)(c2cccnc2-c2cccnc2)c2cccnc2-c2ccccn2)cc1. The summed E-state index contributed by atoms with van der Waals surface area (Å²) in [5.41, 5.74) is 3.67. The molecule has 4 heterocycles. The summed E-state index contributed by atoms with van der Waals surface area (Å²) in [5.74, 6) is 0. The third kappa shape index (κ3) is 4.05. The van der Waals surface area contributed by atoms with Crippen molar-refractivity contribution in [3.8, 4) is 22.6 Å². The van der Waals surface area contributed by atoms with Crippen LogP contribution >= 0.6 is 0 Å². The molecule has 6 rings (SSSR count). The quantitative estimate of drug-likeness (QED) is 0.330. The number of pyridine rings is 4. The molecule has 4 nitrogen and oxygen atoms in total. The summed E-state index contributed by atoms with van der Waals surface area (Å²) in [6.45, 7) is 0. The van der Waals surface area contributed by atoms with Crippen molar-refractivity contribution in [2.24, 2.45) is 0 Å². The molecule has 5 heteroatoms. The molecule has 0 bridgehead atoms. The zero-order chi connectivity index (χ0) is 24.9. The van der Waals surface area contributed by atoms with Crippen molar-refractivity contribution in [3.05, 3.63) is 146 Å². The Kier molecular flexibility index (Phi) is 6.19. The van der Waals surface area contributed by atoms with Gasteiger partial charge in [0.25, 0.3) is 0 Å². The van der Waals surface area contributed by atoms with Gasteiger partial charge >= 0.3 is 0 Å². The lowest BCUT2D eigenvalue weighted by atomic mass is 10.2. The van der Waals surface area contributed by atoms with E-state index in [9.17, 15) is 0 Å². The van der Waals surface area contributed by atoms with Crippen LogP contribution in [0.4, 0.5) is 0 Å². The van der Waals surface area contributed by atoms with E-state index in [1.165, 1.54) is 20.7 Å². The van der Waals surface area contributed by atoms with Crippen LogP contribution in [0.2, 0.25) is 0 Å². The van der Waals surface area contributed by atoms with E-state index >= 15 is 0 Å². The Bertz CT molecular complexity index is 1480. The fraction of sp³-hybridized carbons (Fsp3) is 0. The van der Waals surface area contributed by atoms with E-state index in [2.05, 4.69) is 83.8 Å². The van der Waals surface area contributed by atoms with Crippen molar-refractivity contribution in [2.75, 3.05) is 0 Å². The van der Waals surface area contributed by atoms with Crippen LogP contribution in [0.3, 0.4) is 0 Å².